The molecule has 1 heterocycles. The van der Waals surface area contributed by atoms with Crippen LogP contribution in [0.2, 0.25) is 0 Å². The van der Waals surface area contributed by atoms with Gasteiger partial charge in [-0.25, -0.2) is 4.98 Å². The van der Waals surface area contributed by atoms with E-state index < -0.39 is 0 Å². The van der Waals surface area contributed by atoms with Crippen molar-refractivity contribution in [3.63, 3.8) is 0 Å². The third-order valence-corrected chi connectivity index (χ3v) is 1.66. The molecule has 1 N–H and O–H groups in total. The smallest absolute Gasteiger partial charge is 0.134 e. The fraction of sp³-hybridized carbons (Fsp3) is 0.300. The number of terminal acetylenes is 1. The summed E-state index contributed by atoms with van der Waals surface area (Å²) in [5.41, 5.74) is 1.53. The van der Waals surface area contributed by atoms with E-state index in [9.17, 15) is 0 Å². The number of hydrogen-bond donors (Lipinski definition) is 1. The number of rotatable bonds is 1. The van der Waals surface area contributed by atoms with E-state index in [2.05, 4.69) is 10.9 Å². The monoisotopic (exact) mass is 161 g/mol. The molecule has 0 atom stereocenters. The third kappa shape index (κ3) is 1.57. The number of nitrogens with zero attached hydrogens (tertiary/aromatic N) is 1. The van der Waals surface area contributed by atoms with Gasteiger partial charge >= 0.3 is 0 Å². The largest absolute Gasteiger partial charge is 0.506 e. The van der Waals surface area contributed by atoms with Crippen molar-refractivity contribution in [3.05, 3.63) is 23.5 Å². The van der Waals surface area contributed by atoms with Crippen LogP contribution in [0.25, 0.3) is 0 Å². The first kappa shape index (κ1) is 8.61. The Morgan fingerprint density at radius 1 is 1.58 bits per heavy atom. The lowest BCUT2D eigenvalue weighted by atomic mass is 10.0. The van der Waals surface area contributed by atoms with Gasteiger partial charge in [-0.1, -0.05) is 13.8 Å². The minimum atomic E-state index is 0.165. The molecule has 0 radical (unpaired) electrons. The number of hydrogen-bond acceptors (Lipinski definition) is 2. The third-order valence-electron chi connectivity index (χ3n) is 1.66. The fourth-order valence-electron chi connectivity index (χ4n) is 1.03. The Balaban J connectivity index is 3.24. The van der Waals surface area contributed by atoms with Crippen LogP contribution >= 0.6 is 0 Å². The molecule has 2 nitrogen and oxygen atoms in total. The molecule has 0 saturated carbocycles. The van der Waals surface area contributed by atoms with Crippen LogP contribution in [-0.4, -0.2) is 10.1 Å². The number of aromatic hydroxyl groups is 1. The molecule has 1 aromatic rings. The average molecular weight is 161 g/mol. The summed E-state index contributed by atoms with van der Waals surface area (Å²) in [6.07, 6.45) is 6.61. The van der Waals surface area contributed by atoms with E-state index in [4.69, 9.17) is 11.5 Å². The molecule has 62 valence electrons. The summed E-state index contributed by atoms with van der Waals surface area (Å²) in [5.74, 6) is 2.93. The maximum atomic E-state index is 9.15. The molecule has 1 aromatic heterocycles. The summed E-state index contributed by atoms with van der Waals surface area (Å²) in [5, 5.41) is 9.15. The summed E-state index contributed by atoms with van der Waals surface area (Å²) in [4.78, 5) is 3.93. The molecule has 0 amide bonds. The second-order valence-corrected chi connectivity index (χ2v) is 2.93. The first-order valence-corrected chi connectivity index (χ1v) is 3.80. The number of pyridine rings is 1. The molecule has 2 heteroatoms. The van der Waals surface area contributed by atoms with Crippen LogP contribution < -0.4 is 0 Å². The van der Waals surface area contributed by atoms with Crippen LogP contribution in [0, 0.1) is 12.3 Å². The molecular weight excluding hydrogens is 150 g/mol. The highest BCUT2D eigenvalue weighted by atomic mass is 16.3. The maximum Gasteiger partial charge on any atom is 0.134 e. The summed E-state index contributed by atoms with van der Waals surface area (Å²) < 4.78 is 0. The van der Waals surface area contributed by atoms with Gasteiger partial charge in [0.25, 0.3) is 0 Å². The van der Waals surface area contributed by atoms with Crippen LogP contribution in [0.3, 0.4) is 0 Å². The van der Waals surface area contributed by atoms with Gasteiger partial charge in [0.15, 0.2) is 0 Å². The Labute approximate surface area is 72.3 Å². The molecule has 0 saturated heterocycles. The Bertz CT molecular complexity index is 323. The van der Waals surface area contributed by atoms with Crippen molar-refractivity contribution >= 4 is 0 Å². The van der Waals surface area contributed by atoms with E-state index in [1.807, 2.05) is 13.8 Å². The zero-order valence-corrected chi connectivity index (χ0v) is 7.20. The van der Waals surface area contributed by atoms with Crippen LogP contribution in [-0.2, 0) is 0 Å². The molecule has 0 aliphatic rings. The summed E-state index contributed by atoms with van der Waals surface area (Å²) in [6.45, 7) is 4.02. The highest BCUT2D eigenvalue weighted by Gasteiger charge is 2.06. The normalized spacial score (nSPS) is 9.83. The van der Waals surface area contributed by atoms with Crippen molar-refractivity contribution in [1.82, 2.24) is 4.98 Å². The Morgan fingerprint density at radius 2 is 2.25 bits per heavy atom. The minimum absolute atomic E-state index is 0.165. The maximum absolute atomic E-state index is 9.15. The molecule has 0 fully saturated rings. The highest BCUT2D eigenvalue weighted by molar-refractivity contribution is 5.39. The quantitative estimate of drug-likeness (QED) is 0.638. The van der Waals surface area contributed by atoms with Crippen LogP contribution in [0.1, 0.15) is 31.0 Å². The Morgan fingerprint density at radius 3 is 2.75 bits per heavy atom. The van der Waals surface area contributed by atoms with Gasteiger partial charge in [-0.05, 0) is 23.5 Å². The molecule has 1 rings (SSSR count). The van der Waals surface area contributed by atoms with E-state index in [1.165, 1.54) is 6.20 Å². The molecule has 0 unspecified atom stereocenters. The van der Waals surface area contributed by atoms with E-state index in [0.29, 0.717) is 5.69 Å². The average Bonchev–Trinajstić information content (AvgIpc) is 2.04. The summed E-state index contributed by atoms with van der Waals surface area (Å²) in [7, 11) is 0. The standard InChI is InChI=1S/C10H11NO/c1-4-10-9(7(2)3)5-8(12)6-11-10/h1,5-7,12H,2-3H3. The van der Waals surface area contributed by atoms with Gasteiger partial charge in [-0.3, -0.25) is 0 Å². The highest BCUT2D eigenvalue weighted by Crippen LogP contribution is 2.20. The minimum Gasteiger partial charge on any atom is -0.506 e. The van der Waals surface area contributed by atoms with Gasteiger partial charge in [-0.15, -0.1) is 6.42 Å². The second kappa shape index (κ2) is 3.27. The van der Waals surface area contributed by atoms with Gasteiger partial charge in [0, 0.05) is 0 Å². The summed E-state index contributed by atoms with van der Waals surface area (Å²) in [6, 6.07) is 1.66. The lowest BCUT2D eigenvalue weighted by Gasteiger charge is -2.07. The lowest BCUT2D eigenvalue weighted by molar-refractivity contribution is 0.471. The SMILES string of the molecule is C#Cc1ncc(O)cc1C(C)C. The van der Waals surface area contributed by atoms with Gasteiger partial charge < -0.3 is 5.11 Å². The zero-order chi connectivity index (χ0) is 9.14. The van der Waals surface area contributed by atoms with Gasteiger partial charge in [-0.2, -0.15) is 0 Å². The number of aromatic nitrogens is 1. The van der Waals surface area contributed by atoms with Gasteiger partial charge in [0.05, 0.1) is 6.20 Å². The van der Waals surface area contributed by atoms with Crippen molar-refractivity contribution < 1.29 is 5.11 Å². The predicted octanol–water partition coefficient (Wildman–Crippen LogP) is 1.89. The lowest BCUT2D eigenvalue weighted by Crippen LogP contribution is -1.94. The molecule has 0 aliphatic heterocycles. The van der Waals surface area contributed by atoms with Crippen molar-refractivity contribution in [2.45, 2.75) is 19.8 Å². The molecule has 0 aliphatic carbocycles. The zero-order valence-electron chi connectivity index (χ0n) is 7.20. The van der Waals surface area contributed by atoms with Crippen molar-refractivity contribution in [2.75, 3.05) is 0 Å². The van der Waals surface area contributed by atoms with E-state index >= 15 is 0 Å². The topological polar surface area (TPSA) is 33.1 Å². The first-order chi connectivity index (χ1) is 5.65. The Hall–Kier alpha value is -1.49. The van der Waals surface area contributed by atoms with E-state index in [0.717, 1.165) is 5.56 Å². The van der Waals surface area contributed by atoms with E-state index in [1.54, 1.807) is 6.07 Å². The first-order valence-electron chi connectivity index (χ1n) is 3.80. The second-order valence-electron chi connectivity index (χ2n) is 2.93. The van der Waals surface area contributed by atoms with Crippen molar-refractivity contribution in [1.29, 1.82) is 0 Å². The van der Waals surface area contributed by atoms with Gasteiger partial charge in [0.1, 0.15) is 11.4 Å². The van der Waals surface area contributed by atoms with Crippen LogP contribution in [0.15, 0.2) is 12.3 Å². The van der Waals surface area contributed by atoms with Crippen molar-refractivity contribution in [3.8, 4) is 18.1 Å². The molecule has 0 aromatic carbocycles. The fourth-order valence-corrected chi connectivity index (χ4v) is 1.03. The van der Waals surface area contributed by atoms with Gasteiger partial charge in [0.2, 0.25) is 0 Å². The van der Waals surface area contributed by atoms with Crippen LogP contribution in [0.4, 0.5) is 0 Å². The molecule has 0 bridgehead atoms. The molecular formula is C10H11NO. The van der Waals surface area contributed by atoms with Crippen LogP contribution in [0.5, 0.6) is 5.75 Å². The molecule has 0 spiro atoms. The molecule has 12 heavy (non-hydrogen) atoms. The summed E-state index contributed by atoms with van der Waals surface area (Å²) >= 11 is 0. The van der Waals surface area contributed by atoms with Crippen molar-refractivity contribution in [2.24, 2.45) is 0 Å². The predicted molar refractivity (Wildman–Crippen MR) is 47.9 cm³/mol. The Kier molecular flexibility index (Phi) is 2.35. The van der Waals surface area contributed by atoms with E-state index in [-0.39, 0.29) is 11.7 Å².